The number of rotatable bonds is 6. The van der Waals surface area contributed by atoms with Crippen molar-refractivity contribution in [2.75, 3.05) is 6.54 Å². The van der Waals surface area contributed by atoms with E-state index >= 15 is 0 Å². The van der Waals surface area contributed by atoms with Crippen molar-refractivity contribution in [3.8, 4) is 0 Å². The van der Waals surface area contributed by atoms with Crippen LogP contribution in [0.5, 0.6) is 0 Å². The summed E-state index contributed by atoms with van der Waals surface area (Å²) in [5, 5.41) is 13.0. The Morgan fingerprint density at radius 3 is 2.71 bits per heavy atom. The van der Waals surface area contributed by atoms with Crippen LogP contribution in [0.25, 0.3) is 0 Å². The quantitative estimate of drug-likeness (QED) is 0.797. The first kappa shape index (κ1) is 15.9. The van der Waals surface area contributed by atoms with Crippen molar-refractivity contribution >= 4 is 11.3 Å². The van der Waals surface area contributed by atoms with Gasteiger partial charge in [0.2, 0.25) is 5.60 Å². The van der Waals surface area contributed by atoms with Gasteiger partial charge in [0.05, 0.1) is 5.51 Å². The molecule has 0 amide bonds. The first-order valence-electron chi connectivity index (χ1n) is 6.19. The van der Waals surface area contributed by atoms with Crippen LogP contribution in [0.2, 0.25) is 0 Å². The number of hydrogen-bond donors (Lipinski definition) is 2. The van der Waals surface area contributed by atoms with Gasteiger partial charge < -0.3 is 15.0 Å². The largest absolute Gasteiger partial charge is 0.424 e. The zero-order valence-corrected chi connectivity index (χ0v) is 12.1. The molecule has 0 aliphatic heterocycles. The number of aryl methyl sites for hydroxylation is 1. The van der Waals surface area contributed by atoms with Gasteiger partial charge >= 0.3 is 6.18 Å². The summed E-state index contributed by atoms with van der Waals surface area (Å²) < 4.78 is 40.8. The number of aliphatic hydroxyl groups is 1. The smallest absolute Gasteiger partial charge is 0.374 e. The minimum absolute atomic E-state index is 0.000764. The molecule has 0 bridgehead atoms. The van der Waals surface area contributed by atoms with E-state index in [0.717, 1.165) is 4.88 Å². The highest BCUT2D eigenvalue weighted by atomic mass is 32.1. The van der Waals surface area contributed by atoms with Crippen molar-refractivity contribution in [3.63, 3.8) is 0 Å². The second kappa shape index (κ2) is 6.12. The average Bonchev–Trinajstić information content (AvgIpc) is 3.04. The fourth-order valence-electron chi connectivity index (χ4n) is 1.95. The molecule has 2 aromatic rings. The standard InChI is InChI=1S/C12H15F3N4OS/c1-19-5-4-18-10(19)11(20,12(13,14)15)2-3-16-6-9-7-17-8-21-9/h4-5,7-8,16,20H,2-3,6H2,1H3. The fraction of sp³-hybridized carbons (Fsp3) is 0.500. The molecule has 2 N–H and O–H groups in total. The van der Waals surface area contributed by atoms with Crippen LogP contribution in [0.1, 0.15) is 17.1 Å². The van der Waals surface area contributed by atoms with E-state index in [-0.39, 0.29) is 6.54 Å². The summed E-state index contributed by atoms with van der Waals surface area (Å²) in [6.07, 6.45) is -1.06. The molecule has 2 heterocycles. The zero-order valence-electron chi connectivity index (χ0n) is 11.3. The van der Waals surface area contributed by atoms with E-state index in [1.807, 2.05) is 0 Å². The molecular formula is C12H15F3N4OS. The second-order valence-corrected chi connectivity index (χ2v) is 5.59. The van der Waals surface area contributed by atoms with Crippen LogP contribution in [-0.4, -0.2) is 32.4 Å². The number of aromatic nitrogens is 3. The lowest BCUT2D eigenvalue weighted by atomic mass is 9.97. The maximum absolute atomic E-state index is 13.2. The van der Waals surface area contributed by atoms with Gasteiger partial charge in [0, 0.05) is 43.5 Å². The maximum atomic E-state index is 13.2. The predicted molar refractivity (Wildman–Crippen MR) is 71.6 cm³/mol. The molecule has 5 nitrogen and oxygen atoms in total. The molecule has 0 radical (unpaired) electrons. The third kappa shape index (κ3) is 3.42. The Kier molecular flexibility index (Phi) is 4.64. The molecular weight excluding hydrogens is 305 g/mol. The van der Waals surface area contributed by atoms with Crippen LogP contribution in [0.3, 0.4) is 0 Å². The molecule has 0 saturated heterocycles. The molecule has 9 heteroatoms. The van der Waals surface area contributed by atoms with E-state index < -0.39 is 24.0 Å². The van der Waals surface area contributed by atoms with Gasteiger partial charge in [-0.1, -0.05) is 0 Å². The Bertz CT molecular complexity index is 569. The molecule has 0 spiro atoms. The summed E-state index contributed by atoms with van der Waals surface area (Å²) in [6, 6.07) is 0. The van der Waals surface area contributed by atoms with Gasteiger partial charge in [0.15, 0.2) is 0 Å². The first-order valence-corrected chi connectivity index (χ1v) is 7.07. The molecule has 2 aromatic heterocycles. The van der Waals surface area contributed by atoms with Crippen LogP contribution in [0.15, 0.2) is 24.1 Å². The van der Waals surface area contributed by atoms with E-state index in [1.54, 1.807) is 11.7 Å². The fourth-order valence-corrected chi connectivity index (χ4v) is 2.52. The SMILES string of the molecule is Cn1ccnc1C(O)(CCNCc1cncs1)C(F)(F)F. The number of nitrogens with one attached hydrogen (secondary N) is 1. The van der Waals surface area contributed by atoms with Gasteiger partial charge in [-0.15, -0.1) is 11.3 Å². The van der Waals surface area contributed by atoms with Gasteiger partial charge in [-0.25, -0.2) is 4.98 Å². The molecule has 0 aliphatic rings. The summed E-state index contributed by atoms with van der Waals surface area (Å²) in [4.78, 5) is 8.44. The summed E-state index contributed by atoms with van der Waals surface area (Å²) in [6.45, 7) is 0.417. The Morgan fingerprint density at radius 1 is 1.43 bits per heavy atom. The van der Waals surface area contributed by atoms with Crippen LogP contribution in [0, 0.1) is 0 Å². The highest BCUT2D eigenvalue weighted by Crippen LogP contribution is 2.40. The van der Waals surface area contributed by atoms with E-state index in [2.05, 4.69) is 15.3 Å². The lowest BCUT2D eigenvalue weighted by molar-refractivity contribution is -0.272. The highest BCUT2D eigenvalue weighted by molar-refractivity contribution is 7.09. The van der Waals surface area contributed by atoms with E-state index in [0.29, 0.717) is 6.54 Å². The van der Waals surface area contributed by atoms with Crippen molar-refractivity contribution in [2.24, 2.45) is 7.05 Å². The summed E-state index contributed by atoms with van der Waals surface area (Å²) in [5.41, 5.74) is -1.32. The molecule has 2 rings (SSSR count). The van der Waals surface area contributed by atoms with Crippen molar-refractivity contribution in [1.29, 1.82) is 0 Å². The first-order chi connectivity index (χ1) is 9.84. The van der Waals surface area contributed by atoms with E-state index in [4.69, 9.17) is 0 Å². The number of halogens is 3. The minimum Gasteiger partial charge on any atom is -0.374 e. The Labute approximate surface area is 123 Å². The molecule has 0 aromatic carbocycles. The van der Waals surface area contributed by atoms with Gasteiger partial charge in [0.25, 0.3) is 0 Å². The normalized spacial score (nSPS) is 15.1. The van der Waals surface area contributed by atoms with Crippen LogP contribution >= 0.6 is 11.3 Å². The Balaban J connectivity index is 2.02. The van der Waals surface area contributed by atoms with Gasteiger partial charge in [-0.3, -0.25) is 4.98 Å². The number of nitrogens with zero attached hydrogens (tertiary/aromatic N) is 3. The number of imidazole rings is 1. The maximum Gasteiger partial charge on any atom is 0.424 e. The molecule has 21 heavy (non-hydrogen) atoms. The number of alkyl halides is 3. The lowest BCUT2D eigenvalue weighted by Crippen LogP contribution is -2.46. The van der Waals surface area contributed by atoms with E-state index in [9.17, 15) is 18.3 Å². The summed E-state index contributed by atoms with van der Waals surface area (Å²) >= 11 is 1.41. The van der Waals surface area contributed by atoms with Crippen LogP contribution < -0.4 is 5.32 Å². The van der Waals surface area contributed by atoms with Crippen LogP contribution in [0.4, 0.5) is 13.2 Å². The summed E-state index contributed by atoms with van der Waals surface area (Å²) in [7, 11) is 1.42. The predicted octanol–water partition coefficient (Wildman–Crippen LogP) is 1.81. The lowest BCUT2D eigenvalue weighted by Gasteiger charge is -2.30. The van der Waals surface area contributed by atoms with Crippen LogP contribution in [-0.2, 0) is 19.2 Å². The van der Waals surface area contributed by atoms with Gasteiger partial charge in [-0.05, 0) is 6.54 Å². The molecule has 1 unspecified atom stereocenters. The molecule has 0 aliphatic carbocycles. The zero-order chi connectivity index (χ0) is 15.5. The molecule has 116 valence electrons. The van der Waals surface area contributed by atoms with E-state index in [1.165, 1.54) is 35.3 Å². The second-order valence-electron chi connectivity index (χ2n) is 4.61. The van der Waals surface area contributed by atoms with Crippen molar-refractivity contribution < 1.29 is 18.3 Å². The third-order valence-electron chi connectivity index (χ3n) is 3.11. The minimum atomic E-state index is -4.79. The Morgan fingerprint density at radius 2 is 2.19 bits per heavy atom. The van der Waals surface area contributed by atoms with Crippen molar-refractivity contribution in [2.45, 2.75) is 24.7 Å². The van der Waals surface area contributed by atoms with Gasteiger partial charge in [-0.2, -0.15) is 13.2 Å². The van der Waals surface area contributed by atoms with Crippen molar-refractivity contribution in [1.82, 2.24) is 19.9 Å². The molecule has 0 saturated carbocycles. The number of thiazole rings is 1. The van der Waals surface area contributed by atoms with Gasteiger partial charge in [0.1, 0.15) is 5.82 Å². The monoisotopic (exact) mass is 320 g/mol. The number of hydrogen-bond acceptors (Lipinski definition) is 5. The third-order valence-corrected chi connectivity index (χ3v) is 3.89. The Hall–Kier alpha value is -1.45. The van der Waals surface area contributed by atoms with Crippen molar-refractivity contribution in [3.05, 3.63) is 34.8 Å². The summed E-state index contributed by atoms with van der Waals surface area (Å²) in [5.74, 6) is -0.408. The average molecular weight is 320 g/mol. The highest BCUT2D eigenvalue weighted by Gasteiger charge is 2.56. The molecule has 0 fully saturated rings. The topological polar surface area (TPSA) is 63.0 Å². The molecule has 1 atom stereocenters.